The second-order valence-electron chi connectivity index (χ2n) is 5.69. The highest BCUT2D eigenvalue weighted by atomic mass is 32.2. The van der Waals surface area contributed by atoms with Crippen molar-refractivity contribution < 1.29 is 12.6 Å². The zero-order valence-corrected chi connectivity index (χ0v) is 12.4. The molecule has 0 radical (unpaired) electrons. The Morgan fingerprint density at radius 3 is 2.53 bits per heavy atom. The SMILES string of the molecule is Cc1ccc(S(=O)(=O)OC[C@H]2CCC[C@@H](C)C2)cc1. The number of hydrogen-bond acceptors (Lipinski definition) is 3. The average molecular weight is 282 g/mol. The lowest BCUT2D eigenvalue weighted by Crippen LogP contribution is -2.20. The van der Waals surface area contributed by atoms with Gasteiger partial charge in [0.25, 0.3) is 10.1 Å². The Balaban J connectivity index is 1.96. The minimum Gasteiger partial charge on any atom is -0.266 e. The molecule has 1 aromatic carbocycles. The molecule has 1 aliphatic rings. The number of rotatable bonds is 4. The molecule has 2 rings (SSSR count). The van der Waals surface area contributed by atoms with Crippen LogP contribution in [0.3, 0.4) is 0 Å². The van der Waals surface area contributed by atoms with E-state index in [2.05, 4.69) is 6.92 Å². The molecule has 0 amide bonds. The van der Waals surface area contributed by atoms with Crippen LogP contribution in [0.15, 0.2) is 29.2 Å². The van der Waals surface area contributed by atoms with E-state index >= 15 is 0 Å². The molecule has 4 heteroatoms. The van der Waals surface area contributed by atoms with Crippen molar-refractivity contribution in [2.24, 2.45) is 11.8 Å². The molecule has 0 N–H and O–H groups in total. The van der Waals surface area contributed by atoms with Crippen LogP contribution in [0, 0.1) is 18.8 Å². The molecular weight excluding hydrogens is 260 g/mol. The Kier molecular flexibility index (Phi) is 4.63. The van der Waals surface area contributed by atoms with Crippen LogP contribution in [0.4, 0.5) is 0 Å². The van der Waals surface area contributed by atoms with Crippen molar-refractivity contribution in [2.45, 2.75) is 44.4 Å². The molecular formula is C15H22O3S. The smallest absolute Gasteiger partial charge is 0.266 e. The van der Waals surface area contributed by atoms with Crippen LogP contribution in [-0.4, -0.2) is 15.0 Å². The number of hydrogen-bond donors (Lipinski definition) is 0. The fourth-order valence-electron chi connectivity index (χ4n) is 2.67. The molecule has 0 aromatic heterocycles. The monoisotopic (exact) mass is 282 g/mol. The van der Waals surface area contributed by atoms with Gasteiger partial charge in [-0.25, -0.2) is 0 Å². The normalized spacial score (nSPS) is 24.3. The summed E-state index contributed by atoms with van der Waals surface area (Å²) in [5, 5.41) is 0. The zero-order valence-electron chi connectivity index (χ0n) is 11.6. The summed E-state index contributed by atoms with van der Waals surface area (Å²) in [6.45, 7) is 4.47. The first-order valence-corrected chi connectivity index (χ1v) is 8.34. The zero-order chi connectivity index (χ0) is 13.9. The maximum Gasteiger partial charge on any atom is 0.296 e. The van der Waals surface area contributed by atoms with E-state index in [0.29, 0.717) is 18.4 Å². The summed E-state index contributed by atoms with van der Waals surface area (Å²) in [5.74, 6) is 1.06. The van der Waals surface area contributed by atoms with Crippen LogP contribution in [0.1, 0.15) is 38.2 Å². The van der Waals surface area contributed by atoms with Crippen LogP contribution in [-0.2, 0) is 14.3 Å². The summed E-state index contributed by atoms with van der Waals surface area (Å²) in [5.41, 5.74) is 1.04. The van der Waals surface area contributed by atoms with E-state index < -0.39 is 10.1 Å². The standard InChI is InChI=1S/C15H22O3S/c1-12-6-8-15(9-7-12)19(16,17)18-11-14-5-3-4-13(2)10-14/h6-9,13-14H,3-5,10-11H2,1-2H3/t13-,14+/m1/s1. The average Bonchev–Trinajstić information content (AvgIpc) is 2.37. The Bertz CT molecular complexity index is 505. The summed E-state index contributed by atoms with van der Waals surface area (Å²) in [4.78, 5) is 0.252. The van der Waals surface area contributed by atoms with Gasteiger partial charge in [0.1, 0.15) is 0 Å². The van der Waals surface area contributed by atoms with Crippen molar-refractivity contribution in [3.63, 3.8) is 0 Å². The van der Waals surface area contributed by atoms with Crippen LogP contribution >= 0.6 is 0 Å². The second-order valence-corrected chi connectivity index (χ2v) is 7.30. The summed E-state index contributed by atoms with van der Waals surface area (Å²) in [7, 11) is -3.59. The van der Waals surface area contributed by atoms with Gasteiger partial charge in [-0.05, 0) is 43.7 Å². The van der Waals surface area contributed by atoms with Crippen LogP contribution in [0.2, 0.25) is 0 Å². The molecule has 0 saturated heterocycles. The highest BCUT2D eigenvalue weighted by Gasteiger charge is 2.22. The van der Waals surface area contributed by atoms with Crippen LogP contribution in [0.5, 0.6) is 0 Å². The highest BCUT2D eigenvalue weighted by Crippen LogP contribution is 2.29. The van der Waals surface area contributed by atoms with Crippen molar-refractivity contribution in [2.75, 3.05) is 6.61 Å². The van der Waals surface area contributed by atoms with Crippen molar-refractivity contribution in [1.82, 2.24) is 0 Å². The minimum absolute atomic E-state index is 0.252. The molecule has 106 valence electrons. The van der Waals surface area contributed by atoms with Gasteiger partial charge in [-0.15, -0.1) is 0 Å². The quantitative estimate of drug-likeness (QED) is 0.793. The third kappa shape index (κ3) is 4.05. The first kappa shape index (κ1) is 14.5. The van der Waals surface area contributed by atoms with Crippen LogP contribution in [0.25, 0.3) is 0 Å². The van der Waals surface area contributed by atoms with E-state index in [-0.39, 0.29) is 4.90 Å². The molecule has 1 fully saturated rings. The maximum absolute atomic E-state index is 12.0. The Labute approximate surface area is 116 Å². The van der Waals surface area contributed by atoms with Crippen molar-refractivity contribution >= 4 is 10.1 Å². The fraction of sp³-hybridized carbons (Fsp3) is 0.600. The molecule has 0 heterocycles. The number of benzene rings is 1. The van der Waals surface area contributed by atoms with Gasteiger partial charge >= 0.3 is 0 Å². The van der Waals surface area contributed by atoms with E-state index in [4.69, 9.17) is 4.18 Å². The summed E-state index contributed by atoms with van der Waals surface area (Å²) < 4.78 is 29.3. The largest absolute Gasteiger partial charge is 0.296 e. The predicted molar refractivity (Wildman–Crippen MR) is 75.4 cm³/mol. The van der Waals surface area contributed by atoms with Gasteiger partial charge in [0.2, 0.25) is 0 Å². The van der Waals surface area contributed by atoms with Crippen molar-refractivity contribution in [3.05, 3.63) is 29.8 Å². The highest BCUT2D eigenvalue weighted by molar-refractivity contribution is 7.86. The molecule has 19 heavy (non-hydrogen) atoms. The molecule has 1 aromatic rings. The first-order chi connectivity index (χ1) is 8.97. The molecule has 1 aliphatic carbocycles. The van der Waals surface area contributed by atoms with Gasteiger partial charge in [0.15, 0.2) is 0 Å². The van der Waals surface area contributed by atoms with Gasteiger partial charge in [-0.2, -0.15) is 8.42 Å². The lowest BCUT2D eigenvalue weighted by atomic mass is 9.83. The Morgan fingerprint density at radius 1 is 1.21 bits per heavy atom. The van der Waals surface area contributed by atoms with Crippen molar-refractivity contribution in [1.29, 1.82) is 0 Å². The first-order valence-electron chi connectivity index (χ1n) is 6.93. The summed E-state index contributed by atoms with van der Waals surface area (Å²) >= 11 is 0. The third-order valence-corrected chi connectivity index (χ3v) is 5.11. The van der Waals surface area contributed by atoms with Gasteiger partial charge in [0.05, 0.1) is 11.5 Å². The summed E-state index contributed by atoms with van der Waals surface area (Å²) in [6, 6.07) is 6.79. The molecule has 0 bridgehead atoms. The molecule has 2 atom stereocenters. The van der Waals surface area contributed by atoms with Gasteiger partial charge in [-0.1, -0.05) is 37.5 Å². The Hall–Kier alpha value is -0.870. The lowest BCUT2D eigenvalue weighted by molar-refractivity contribution is 0.186. The Morgan fingerprint density at radius 2 is 1.89 bits per heavy atom. The molecule has 0 spiro atoms. The second kappa shape index (κ2) is 6.06. The summed E-state index contributed by atoms with van der Waals surface area (Å²) in [6.07, 6.45) is 4.58. The van der Waals surface area contributed by atoms with E-state index in [0.717, 1.165) is 18.4 Å². The van der Waals surface area contributed by atoms with E-state index in [1.807, 2.05) is 6.92 Å². The van der Waals surface area contributed by atoms with Crippen LogP contribution < -0.4 is 0 Å². The lowest BCUT2D eigenvalue weighted by Gasteiger charge is -2.26. The van der Waals surface area contributed by atoms with Gasteiger partial charge in [0, 0.05) is 0 Å². The number of aryl methyl sites for hydroxylation is 1. The van der Waals surface area contributed by atoms with E-state index in [1.54, 1.807) is 24.3 Å². The fourth-order valence-corrected chi connectivity index (χ4v) is 3.65. The molecule has 3 nitrogen and oxygen atoms in total. The predicted octanol–water partition coefficient (Wildman–Crippen LogP) is 3.53. The van der Waals surface area contributed by atoms with Gasteiger partial charge < -0.3 is 0 Å². The molecule has 0 aliphatic heterocycles. The van der Waals surface area contributed by atoms with Crippen molar-refractivity contribution in [3.8, 4) is 0 Å². The van der Waals surface area contributed by atoms with E-state index in [9.17, 15) is 8.42 Å². The van der Waals surface area contributed by atoms with Gasteiger partial charge in [-0.3, -0.25) is 4.18 Å². The minimum atomic E-state index is -3.59. The molecule has 1 saturated carbocycles. The van der Waals surface area contributed by atoms with E-state index in [1.165, 1.54) is 12.8 Å². The topological polar surface area (TPSA) is 43.4 Å². The molecule has 0 unspecified atom stereocenters. The third-order valence-electron chi connectivity index (χ3n) is 3.81. The maximum atomic E-state index is 12.0.